The SMILES string of the molecule is CCC1(C(=O)O)CCN(C(=O)Cc2ccccc2O)CC1. The lowest BCUT2D eigenvalue weighted by molar-refractivity contribution is -0.154. The number of para-hydroxylation sites is 1. The average Bonchev–Trinajstić information content (AvgIpc) is 2.49. The van der Waals surface area contributed by atoms with E-state index in [9.17, 15) is 19.8 Å². The van der Waals surface area contributed by atoms with E-state index in [4.69, 9.17) is 0 Å². The lowest BCUT2D eigenvalue weighted by atomic mass is 9.76. The van der Waals surface area contributed by atoms with E-state index in [1.54, 1.807) is 29.2 Å². The minimum absolute atomic E-state index is 0.0633. The van der Waals surface area contributed by atoms with Crippen LogP contribution < -0.4 is 0 Å². The number of aromatic hydroxyl groups is 1. The van der Waals surface area contributed by atoms with Gasteiger partial charge in [0.25, 0.3) is 0 Å². The predicted molar refractivity (Wildman–Crippen MR) is 78.0 cm³/mol. The van der Waals surface area contributed by atoms with Crippen molar-refractivity contribution in [1.82, 2.24) is 4.90 Å². The zero-order valence-corrected chi connectivity index (χ0v) is 12.2. The molecule has 21 heavy (non-hydrogen) atoms. The number of rotatable bonds is 4. The standard InChI is InChI=1S/C16H21NO4/c1-2-16(15(20)21)7-9-17(10-8-16)14(19)11-12-5-3-4-6-13(12)18/h3-6,18H,2,7-11H2,1H3,(H,20,21). The number of phenols is 1. The van der Waals surface area contributed by atoms with Gasteiger partial charge >= 0.3 is 5.97 Å². The summed E-state index contributed by atoms with van der Waals surface area (Å²) in [4.78, 5) is 25.3. The summed E-state index contributed by atoms with van der Waals surface area (Å²) in [5.74, 6) is -0.708. The summed E-state index contributed by atoms with van der Waals surface area (Å²) in [6, 6.07) is 6.79. The molecule has 0 radical (unpaired) electrons. The van der Waals surface area contributed by atoms with Crippen LogP contribution in [0.1, 0.15) is 31.7 Å². The summed E-state index contributed by atoms with van der Waals surface area (Å²) in [6.45, 7) is 2.81. The first kappa shape index (κ1) is 15.4. The van der Waals surface area contributed by atoms with E-state index < -0.39 is 11.4 Å². The Bertz CT molecular complexity index is 533. The quantitative estimate of drug-likeness (QED) is 0.890. The lowest BCUT2D eigenvalue weighted by Crippen LogP contribution is -2.46. The number of nitrogens with zero attached hydrogens (tertiary/aromatic N) is 1. The molecule has 0 aromatic heterocycles. The first-order valence-corrected chi connectivity index (χ1v) is 7.26. The molecule has 1 aromatic rings. The van der Waals surface area contributed by atoms with Crippen LogP contribution in [0.2, 0.25) is 0 Å². The zero-order valence-electron chi connectivity index (χ0n) is 12.2. The van der Waals surface area contributed by atoms with Gasteiger partial charge in [-0.25, -0.2) is 0 Å². The van der Waals surface area contributed by atoms with Crippen molar-refractivity contribution in [2.24, 2.45) is 5.41 Å². The topological polar surface area (TPSA) is 77.8 Å². The van der Waals surface area contributed by atoms with Crippen LogP contribution in [0.4, 0.5) is 0 Å². The highest BCUT2D eigenvalue weighted by Crippen LogP contribution is 2.35. The molecule has 1 aliphatic heterocycles. The summed E-state index contributed by atoms with van der Waals surface area (Å²) in [5.41, 5.74) is -0.0841. The smallest absolute Gasteiger partial charge is 0.309 e. The molecule has 114 valence electrons. The third kappa shape index (κ3) is 3.17. The van der Waals surface area contributed by atoms with E-state index in [1.165, 1.54) is 0 Å². The molecule has 0 spiro atoms. The lowest BCUT2D eigenvalue weighted by Gasteiger charge is -2.38. The molecule has 5 nitrogen and oxygen atoms in total. The van der Waals surface area contributed by atoms with Gasteiger partial charge in [0, 0.05) is 18.7 Å². The molecular weight excluding hydrogens is 270 g/mol. The van der Waals surface area contributed by atoms with Gasteiger partial charge < -0.3 is 15.1 Å². The van der Waals surface area contributed by atoms with Crippen molar-refractivity contribution in [2.45, 2.75) is 32.6 Å². The molecule has 1 heterocycles. The van der Waals surface area contributed by atoms with E-state index in [1.807, 2.05) is 6.92 Å². The van der Waals surface area contributed by atoms with E-state index in [0.717, 1.165) is 0 Å². The number of carbonyl (C=O) groups is 2. The van der Waals surface area contributed by atoms with Crippen LogP contribution in [0.5, 0.6) is 5.75 Å². The van der Waals surface area contributed by atoms with Gasteiger partial charge in [0.05, 0.1) is 11.8 Å². The molecule has 1 saturated heterocycles. The Morgan fingerprint density at radius 1 is 1.24 bits per heavy atom. The average molecular weight is 291 g/mol. The maximum Gasteiger partial charge on any atom is 0.309 e. The third-order valence-electron chi connectivity index (χ3n) is 4.54. The van der Waals surface area contributed by atoms with Gasteiger partial charge in [-0.2, -0.15) is 0 Å². The van der Waals surface area contributed by atoms with Crippen LogP contribution in [0, 0.1) is 5.41 Å². The van der Waals surface area contributed by atoms with Crippen LogP contribution in [0.25, 0.3) is 0 Å². The first-order valence-electron chi connectivity index (χ1n) is 7.26. The molecule has 0 unspecified atom stereocenters. The van der Waals surface area contributed by atoms with E-state index in [0.29, 0.717) is 37.9 Å². The highest BCUT2D eigenvalue weighted by molar-refractivity contribution is 5.80. The van der Waals surface area contributed by atoms with E-state index >= 15 is 0 Å². The number of amides is 1. The van der Waals surface area contributed by atoms with Crippen LogP contribution >= 0.6 is 0 Å². The number of likely N-dealkylation sites (tertiary alicyclic amines) is 1. The highest BCUT2D eigenvalue weighted by Gasteiger charge is 2.40. The molecule has 0 atom stereocenters. The Kier molecular flexibility index (Phi) is 4.50. The Morgan fingerprint density at radius 3 is 2.38 bits per heavy atom. The van der Waals surface area contributed by atoms with Crippen molar-refractivity contribution in [2.75, 3.05) is 13.1 Å². The zero-order chi connectivity index (χ0) is 15.5. The number of phenolic OH excluding ortho intramolecular Hbond substituents is 1. The number of carboxylic acids is 1. The van der Waals surface area contributed by atoms with Crippen molar-refractivity contribution < 1.29 is 19.8 Å². The van der Waals surface area contributed by atoms with Gasteiger partial charge in [0.1, 0.15) is 5.75 Å². The Morgan fingerprint density at radius 2 is 1.86 bits per heavy atom. The van der Waals surface area contributed by atoms with Crippen LogP contribution in [0.15, 0.2) is 24.3 Å². The van der Waals surface area contributed by atoms with E-state index in [-0.39, 0.29) is 18.1 Å². The number of aliphatic carboxylic acids is 1. The van der Waals surface area contributed by atoms with Crippen LogP contribution in [0.3, 0.4) is 0 Å². The minimum Gasteiger partial charge on any atom is -0.508 e. The van der Waals surface area contributed by atoms with Gasteiger partial charge in [0.15, 0.2) is 0 Å². The van der Waals surface area contributed by atoms with Crippen LogP contribution in [-0.2, 0) is 16.0 Å². The van der Waals surface area contributed by atoms with Gasteiger partial charge in [0.2, 0.25) is 5.91 Å². The predicted octanol–water partition coefficient (Wildman–Crippen LogP) is 2.04. The van der Waals surface area contributed by atoms with Gasteiger partial charge in [-0.1, -0.05) is 25.1 Å². The molecule has 0 bridgehead atoms. The Labute approximate surface area is 124 Å². The summed E-state index contributed by atoms with van der Waals surface area (Å²) in [7, 11) is 0. The first-order chi connectivity index (χ1) is 9.98. The number of carbonyl (C=O) groups excluding carboxylic acids is 1. The minimum atomic E-state index is -0.766. The molecule has 1 amide bonds. The van der Waals surface area contributed by atoms with Crippen molar-refractivity contribution in [3.8, 4) is 5.75 Å². The fraction of sp³-hybridized carbons (Fsp3) is 0.500. The fourth-order valence-electron chi connectivity index (χ4n) is 2.84. The highest BCUT2D eigenvalue weighted by atomic mass is 16.4. The number of carboxylic acid groups (broad SMARTS) is 1. The second kappa shape index (κ2) is 6.16. The maximum atomic E-state index is 12.3. The second-order valence-corrected chi connectivity index (χ2v) is 5.63. The molecule has 1 aromatic carbocycles. The molecule has 0 saturated carbocycles. The molecule has 2 N–H and O–H groups in total. The molecule has 5 heteroatoms. The third-order valence-corrected chi connectivity index (χ3v) is 4.54. The Hall–Kier alpha value is -2.04. The molecule has 1 aliphatic rings. The van der Waals surface area contributed by atoms with Gasteiger partial charge in [-0.15, -0.1) is 0 Å². The van der Waals surface area contributed by atoms with Crippen molar-refractivity contribution in [3.63, 3.8) is 0 Å². The van der Waals surface area contributed by atoms with Crippen molar-refractivity contribution in [1.29, 1.82) is 0 Å². The fourth-order valence-corrected chi connectivity index (χ4v) is 2.84. The Balaban J connectivity index is 1.98. The monoisotopic (exact) mass is 291 g/mol. The van der Waals surface area contributed by atoms with Crippen molar-refractivity contribution >= 4 is 11.9 Å². The summed E-state index contributed by atoms with van der Waals surface area (Å²) in [6.07, 6.45) is 1.72. The van der Waals surface area contributed by atoms with Crippen LogP contribution in [-0.4, -0.2) is 40.1 Å². The maximum absolute atomic E-state index is 12.3. The van der Waals surface area contributed by atoms with E-state index in [2.05, 4.69) is 0 Å². The number of hydrogen-bond acceptors (Lipinski definition) is 3. The number of benzene rings is 1. The van der Waals surface area contributed by atoms with Gasteiger partial charge in [-0.05, 0) is 25.3 Å². The summed E-state index contributed by atoms with van der Waals surface area (Å²) >= 11 is 0. The number of hydrogen-bond donors (Lipinski definition) is 2. The van der Waals surface area contributed by atoms with Gasteiger partial charge in [-0.3, -0.25) is 9.59 Å². The molecule has 1 fully saturated rings. The second-order valence-electron chi connectivity index (χ2n) is 5.63. The summed E-state index contributed by atoms with van der Waals surface area (Å²) < 4.78 is 0. The number of piperidine rings is 1. The van der Waals surface area contributed by atoms with Crippen molar-refractivity contribution in [3.05, 3.63) is 29.8 Å². The summed E-state index contributed by atoms with van der Waals surface area (Å²) in [5, 5.41) is 19.1. The normalized spacial score (nSPS) is 17.5. The largest absolute Gasteiger partial charge is 0.508 e. The molecule has 0 aliphatic carbocycles. The molecular formula is C16H21NO4. The molecule has 2 rings (SSSR count).